The second-order valence-corrected chi connectivity index (χ2v) is 9.25. The fraction of sp³-hybridized carbons (Fsp3) is 0.619. The molecule has 0 radical (unpaired) electrons. The lowest BCUT2D eigenvalue weighted by molar-refractivity contribution is -0.119. The highest BCUT2D eigenvalue weighted by molar-refractivity contribution is 9.10. The average Bonchev–Trinajstić information content (AvgIpc) is 2.92. The zero-order valence-electron chi connectivity index (χ0n) is 16.6. The second-order valence-electron chi connectivity index (χ2n) is 7.01. The number of carbonyl (C=O) groups excluding carboxylic acids is 1. The van der Waals surface area contributed by atoms with E-state index in [2.05, 4.69) is 34.3 Å². The lowest BCUT2D eigenvalue weighted by atomic mass is 9.97. The van der Waals surface area contributed by atoms with Crippen LogP contribution in [0.3, 0.4) is 0 Å². The molecule has 150 valence electrons. The first kappa shape index (κ1) is 22.3. The van der Waals surface area contributed by atoms with Gasteiger partial charge >= 0.3 is 0 Å². The van der Waals surface area contributed by atoms with Crippen molar-refractivity contribution in [2.24, 2.45) is 11.1 Å². The number of thioether (sulfide) groups is 1. The van der Waals surface area contributed by atoms with E-state index >= 15 is 0 Å². The van der Waals surface area contributed by atoms with Crippen LogP contribution >= 0.6 is 27.7 Å². The van der Waals surface area contributed by atoms with Crippen LogP contribution in [0.2, 0.25) is 0 Å². The summed E-state index contributed by atoms with van der Waals surface area (Å²) in [6.45, 7) is 4.37. The summed E-state index contributed by atoms with van der Waals surface area (Å²) in [4.78, 5) is 19.9. The number of oxime groups is 1. The summed E-state index contributed by atoms with van der Waals surface area (Å²) in [6, 6.07) is 9.64. The Morgan fingerprint density at radius 2 is 2.04 bits per heavy atom. The third-order valence-corrected chi connectivity index (χ3v) is 7.24. The Morgan fingerprint density at radius 3 is 2.67 bits per heavy atom. The van der Waals surface area contributed by atoms with E-state index in [1.54, 1.807) is 4.90 Å². The van der Waals surface area contributed by atoms with Crippen molar-refractivity contribution in [2.75, 3.05) is 17.9 Å². The topological polar surface area (TPSA) is 41.9 Å². The van der Waals surface area contributed by atoms with Crippen molar-refractivity contribution in [2.45, 2.75) is 62.4 Å². The predicted octanol–water partition coefficient (Wildman–Crippen LogP) is 5.86. The zero-order chi connectivity index (χ0) is 19.6. The van der Waals surface area contributed by atoms with Crippen molar-refractivity contribution in [3.8, 4) is 0 Å². The Hall–Kier alpha value is -1.01. The molecule has 3 atom stereocenters. The predicted molar refractivity (Wildman–Crippen MR) is 120 cm³/mol. The number of rotatable bonds is 8. The summed E-state index contributed by atoms with van der Waals surface area (Å²) in [5, 5.41) is 5.08. The van der Waals surface area contributed by atoms with E-state index in [4.69, 9.17) is 4.84 Å². The first-order valence-electron chi connectivity index (χ1n) is 9.79. The van der Waals surface area contributed by atoms with Crippen molar-refractivity contribution >= 4 is 45.0 Å². The maximum absolute atomic E-state index is 12.8. The lowest BCUT2D eigenvalue weighted by Gasteiger charge is -2.23. The molecule has 0 spiro atoms. The van der Waals surface area contributed by atoms with Crippen molar-refractivity contribution in [3.63, 3.8) is 0 Å². The van der Waals surface area contributed by atoms with Crippen molar-refractivity contribution in [1.82, 2.24) is 0 Å². The first-order valence-corrected chi connectivity index (χ1v) is 12.0. The zero-order valence-corrected chi connectivity index (χ0v) is 19.0. The fourth-order valence-corrected chi connectivity index (χ4v) is 4.30. The van der Waals surface area contributed by atoms with E-state index < -0.39 is 0 Å². The number of alkyl halides is 1. The molecule has 4 nitrogen and oxygen atoms in total. The van der Waals surface area contributed by atoms with Crippen molar-refractivity contribution in [3.05, 3.63) is 30.3 Å². The molecule has 1 aliphatic carbocycles. The number of para-hydroxylation sites is 1. The number of benzene rings is 1. The standard InChI is InChI=1S/C21H31BrN2O2S/c1-4-16-11-12-19(27-3)14-17(13-16)23-26-15-24(21(25)20(22)5-2)18-9-7-6-8-10-18/h6-10,16,19-20H,4-5,11-15H2,1-3H3. The summed E-state index contributed by atoms with van der Waals surface area (Å²) in [5.74, 6) is 0.682. The minimum atomic E-state index is -0.225. The highest BCUT2D eigenvalue weighted by atomic mass is 79.9. The Bertz CT molecular complexity index is 595. The minimum absolute atomic E-state index is 0.00167. The van der Waals surface area contributed by atoms with Crippen LogP contribution in [0, 0.1) is 5.92 Å². The van der Waals surface area contributed by atoms with Gasteiger partial charge in [-0.2, -0.15) is 11.8 Å². The largest absolute Gasteiger partial charge is 0.373 e. The maximum atomic E-state index is 12.8. The average molecular weight is 455 g/mol. The molecule has 1 fully saturated rings. The summed E-state index contributed by atoms with van der Waals surface area (Å²) in [7, 11) is 0. The molecule has 6 heteroatoms. The number of amides is 1. The number of hydrogen-bond donors (Lipinski definition) is 0. The number of nitrogens with zero attached hydrogens (tertiary/aromatic N) is 2. The van der Waals surface area contributed by atoms with Gasteiger partial charge < -0.3 is 4.84 Å². The van der Waals surface area contributed by atoms with Gasteiger partial charge in [0.15, 0.2) is 6.73 Å². The smallest absolute Gasteiger partial charge is 0.243 e. The fourth-order valence-electron chi connectivity index (χ4n) is 3.32. The van der Waals surface area contributed by atoms with E-state index in [9.17, 15) is 4.79 Å². The molecule has 1 saturated carbocycles. The molecule has 1 aliphatic rings. The van der Waals surface area contributed by atoms with Crippen molar-refractivity contribution in [1.29, 1.82) is 0 Å². The molecule has 0 heterocycles. The van der Waals surface area contributed by atoms with E-state index in [1.807, 2.05) is 49.0 Å². The summed E-state index contributed by atoms with van der Waals surface area (Å²) in [6.07, 6.45) is 8.56. The second kappa shape index (κ2) is 11.7. The minimum Gasteiger partial charge on any atom is -0.373 e. The molecule has 1 amide bonds. The molecule has 3 unspecified atom stereocenters. The molecule has 0 bridgehead atoms. The van der Waals surface area contributed by atoms with Crippen molar-refractivity contribution < 1.29 is 9.63 Å². The highest BCUT2D eigenvalue weighted by Crippen LogP contribution is 2.29. The quantitative estimate of drug-likeness (QED) is 0.214. The Kier molecular flexibility index (Phi) is 9.69. The molecule has 0 aromatic heterocycles. The third-order valence-electron chi connectivity index (χ3n) is 5.14. The van der Waals surface area contributed by atoms with Gasteiger partial charge in [0.2, 0.25) is 5.91 Å². The number of carbonyl (C=O) groups is 1. The van der Waals surface area contributed by atoms with Crippen LogP contribution in [-0.4, -0.2) is 34.7 Å². The van der Waals surface area contributed by atoms with Gasteiger partial charge in [0.1, 0.15) is 0 Å². The van der Waals surface area contributed by atoms with Crippen LogP contribution in [0.1, 0.15) is 52.4 Å². The van der Waals surface area contributed by atoms with E-state index in [0.29, 0.717) is 11.2 Å². The van der Waals surface area contributed by atoms with Gasteiger partial charge in [-0.3, -0.25) is 9.69 Å². The maximum Gasteiger partial charge on any atom is 0.243 e. The molecule has 1 aromatic carbocycles. The highest BCUT2D eigenvalue weighted by Gasteiger charge is 2.24. The van der Waals surface area contributed by atoms with Crippen LogP contribution in [0.15, 0.2) is 35.5 Å². The van der Waals surface area contributed by atoms with Gasteiger partial charge in [0.25, 0.3) is 0 Å². The molecule has 0 aliphatic heterocycles. The molecule has 27 heavy (non-hydrogen) atoms. The van der Waals surface area contributed by atoms with Crippen LogP contribution < -0.4 is 4.90 Å². The SMILES string of the molecule is CCC1CCC(SC)CC(=NOCN(C(=O)C(Br)CC)c2ccccc2)C1. The van der Waals surface area contributed by atoms with Gasteiger partial charge in [0.05, 0.1) is 10.5 Å². The lowest BCUT2D eigenvalue weighted by Crippen LogP contribution is -2.37. The van der Waals surface area contributed by atoms with Crippen LogP contribution in [0.4, 0.5) is 5.69 Å². The molecule has 2 rings (SSSR count). The van der Waals surface area contributed by atoms with Gasteiger partial charge in [0, 0.05) is 17.4 Å². The van der Waals surface area contributed by atoms with E-state index in [-0.39, 0.29) is 17.5 Å². The molecule has 1 aromatic rings. The first-order chi connectivity index (χ1) is 13.1. The van der Waals surface area contributed by atoms with Gasteiger partial charge in [-0.1, -0.05) is 59.6 Å². The van der Waals surface area contributed by atoms with Gasteiger partial charge in [-0.25, -0.2) is 0 Å². The normalized spacial score (nSPS) is 22.9. The summed E-state index contributed by atoms with van der Waals surface area (Å²) >= 11 is 5.38. The molecular weight excluding hydrogens is 424 g/mol. The Labute approximate surface area is 176 Å². The Balaban J connectivity index is 2.08. The molecular formula is C21H31BrN2O2S. The van der Waals surface area contributed by atoms with Crippen LogP contribution in [0.25, 0.3) is 0 Å². The number of anilines is 1. The number of halogens is 1. The van der Waals surface area contributed by atoms with E-state index in [0.717, 1.165) is 30.7 Å². The Morgan fingerprint density at radius 1 is 1.30 bits per heavy atom. The van der Waals surface area contributed by atoms with E-state index in [1.165, 1.54) is 19.3 Å². The number of hydrogen-bond acceptors (Lipinski definition) is 4. The monoisotopic (exact) mass is 454 g/mol. The van der Waals surface area contributed by atoms with Gasteiger partial charge in [-0.05, 0) is 50.0 Å². The van der Waals surface area contributed by atoms with Gasteiger partial charge in [-0.15, -0.1) is 0 Å². The summed E-state index contributed by atoms with van der Waals surface area (Å²) < 4.78 is 0. The summed E-state index contributed by atoms with van der Waals surface area (Å²) in [5.41, 5.74) is 1.96. The third kappa shape index (κ3) is 6.83. The molecule has 0 N–H and O–H groups in total. The van der Waals surface area contributed by atoms with Crippen LogP contribution in [-0.2, 0) is 9.63 Å². The molecule has 0 saturated heterocycles. The van der Waals surface area contributed by atoms with Crippen LogP contribution in [0.5, 0.6) is 0 Å².